The summed E-state index contributed by atoms with van der Waals surface area (Å²) in [6, 6.07) is 5.81. The predicted molar refractivity (Wildman–Crippen MR) is 81.7 cm³/mol. The first-order valence-corrected chi connectivity index (χ1v) is 7.21. The van der Waals surface area contributed by atoms with Crippen molar-refractivity contribution >= 4 is 11.9 Å². The molecule has 0 fully saturated rings. The summed E-state index contributed by atoms with van der Waals surface area (Å²) in [5.74, 6) is -1.48. The fourth-order valence-electron chi connectivity index (χ4n) is 2.31. The van der Waals surface area contributed by atoms with Crippen molar-refractivity contribution in [1.29, 1.82) is 0 Å². The molecule has 0 spiro atoms. The van der Waals surface area contributed by atoms with Gasteiger partial charge in [0.15, 0.2) is 0 Å². The van der Waals surface area contributed by atoms with Gasteiger partial charge in [-0.2, -0.15) is 0 Å². The number of carbonyl (C=O) groups excluding carboxylic acids is 2. The minimum atomic E-state index is -0.606. The van der Waals surface area contributed by atoms with E-state index < -0.39 is 17.8 Å². The average molecular weight is 319 g/mol. The van der Waals surface area contributed by atoms with Crippen molar-refractivity contribution in [1.82, 2.24) is 4.98 Å². The second-order valence-electron chi connectivity index (χ2n) is 5.05. The first-order valence-electron chi connectivity index (χ1n) is 7.21. The summed E-state index contributed by atoms with van der Waals surface area (Å²) in [5.41, 5.74) is 2.10. The van der Waals surface area contributed by atoms with Crippen LogP contribution in [0.15, 0.2) is 24.3 Å². The normalized spacial score (nSPS) is 10.4. The van der Waals surface area contributed by atoms with Gasteiger partial charge in [0, 0.05) is 5.69 Å². The molecule has 0 aliphatic rings. The van der Waals surface area contributed by atoms with Crippen LogP contribution >= 0.6 is 0 Å². The summed E-state index contributed by atoms with van der Waals surface area (Å²) in [4.78, 5) is 26.9. The molecule has 0 unspecified atom stereocenters. The lowest BCUT2D eigenvalue weighted by atomic mass is 10.1. The van der Waals surface area contributed by atoms with Gasteiger partial charge in [0.05, 0.1) is 12.2 Å². The van der Waals surface area contributed by atoms with Crippen LogP contribution in [-0.2, 0) is 16.1 Å². The fraction of sp³-hybridized carbons (Fsp3) is 0.294. The lowest BCUT2D eigenvalue weighted by molar-refractivity contribution is 0.0465. The lowest BCUT2D eigenvalue weighted by Gasteiger charge is -2.05. The van der Waals surface area contributed by atoms with Crippen LogP contribution in [0.4, 0.5) is 4.39 Å². The Labute approximate surface area is 133 Å². The van der Waals surface area contributed by atoms with Gasteiger partial charge in [-0.05, 0) is 44.0 Å². The van der Waals surface area contributed by atoms with E-state index in [9.17, 15) is 14.0 Å². The van der Waals surface area contributed by atoms with Gasteiger partial charge in [-0.3, -0.25) is 0 Å². The molecule has 122 valence electrons. The quantitative estimate of drug-likeness (QED) is 0.859. The van der Waals surface area contributed by atoms with Crippen molar-refractivity contribution in [3.05, 3.63) is 58.2 Å². The van der Waals surface area contributed by atoms with Gasteiger partial charge in [-0.25, -0.2) is 14.0 Å². The Morgan fingerprint density at radius 2 is 1.91 bits per heavy atom. The summed E-state index contributed by atoms with van der Waals surface area (Å²) in [5, 5.41) is 0. The van der Waals surface area contributed by atoms with E-state index in [0.29, 0.717) is 22.4 Å². The Morgan fingerprint density at radius 1 is 1.17 bits per heavy atom. The van der Waals surface area contributed by atoms with E-state index in [1.807, 2.05) is 0 Å². The van der Waals surface area contributed by atoms with Crippen LogP contribution in [0.1, 0.15) is 44.6 Å². The van der Waals surface area contributed by atoms with Gasteiger partial charge in [0.2, 0.25) is 0 Å². The van der Waals surface area contributed by atoms with Gasteiger partial charge < -0.3 is 14.5 Å². The van der Waals surface area contributed by atoms with Crippen molar-refractivity contribution in [3.8, 4) is 0 Å². The molecule has 5 nitrogen and oxygen atoms in total. The number of H-pyrrole nitrogens is 1. The molecule has 1 heterocycles. The third-order valence-electron chi connectivity index (χ3n) is 3.38. The highest BCUT2D eigenvalue weighted by Crippen LogP contribution is 2.20. The zero-order valence-electron chi connectivity index (χ0n) is 13.2. The number of hydrogen-bond acceptors (Lipinski definition) is 4. The Balaban J connectivity index is 2.14. The molecule has 0 saturated carbocycles. The number of aryl methyl sites for hydroxylation is 1. The van der Waals surface area contributed by atoms with E-state index in [4.69, 9.17) is 9.47 Å². The molecule has 2 aromatic rings. The first-order chi connectivity index (χ1) is 10.9. The van der Waals surface area contributed by atoms with Gasteiger partial charge in [-0.15, -0.1) is 0 Å². The molecule has 0 atom stereocenters. The topological polar surface area (TPSA) is 68.4 Å². The smallest absolute Gasteiger partial charge is 0.355 e. The molecule has 0 aliphatic carbocycles. The number of rotatable bonds is 5. The maximum absolute atomic E-state index is 13.1. The Bertz CT molecular complexity index is 736. The fourth-order valence-corrected chi connectivity index (χ4v) is 2.31. The van der Waals surface area contributed by atoms with E-state index in [-0.39, 0.29) is 18.9 Å². The Kier molecular flexibility index (Phi) is 5.16. The number of carbonyl (C=O) groups is 2. The average Bonchev–Trinajstić information content (AvgIpc) is 2.80. The van der Waals surface area contributed by atoms with E-state index in [2.05, 4.69) is 4.98 Å². The molecule has 1 aromatic carbocycles. The standard InChI is InChI=1S/C17H18FNO4/c1-4-22-16(20)14-10(2)15(19-11(14)3)17(21)23-9-12-6-5-7-13(18)8-12/h5-8,19H,4,9H2,1-3H3. The molecular formula is C17H18FNO4. The van der Waals surface area contributed by atoms with E-state index in [1.54, 1.807) is 32.9 Å². The van der Waals surface area contributed by atoms with Crippen molar-refractivity contribution in [2.24, 2.45) is 0 Å². The Morgan fingerprint density at radius 3 is 2.57 bits per heavy atom. The number of aromatic nitrogens is 1. The van der Waals surface area contributed by atoms with Crippen LogP contribution in [0.3, 0.4) is 0 Å². The molecule has 23 heavy (non-hydrogen) atoms. The second kappa shape index (κ2) is 7.09. The number of ether oxygens (including phenoxy) is 2. The minimum absolute atomic E-state index is 0.0527. The summed E-state index contributed by atoms with van der Waals surface area (Å²) in [7, 11) is 0. The maximum Gasteiger partial charge on any atom is 0.355 e. The monoisotopic (exact) mass is 319 g/mol. The van der Waals surface area contributed by atoms with Crippen molar-refractivity contribution in [2.75, 3.05) is 6.61 Å². The van der Waals surface area contributed by atoms with Gasteiger partial charge in [-0.1, -0.05) is 12.1 Å². The van der Waals surface area contributed by atoms with Crippen molar-refractivity contribution < 1.29 is 23.5 Å². The molecule has 0 aliphatic heterocycles. The summed E-state index contributed by atoms with van der Waals surface area (Å²) >= 11 is 0. The van der Waals surface area contributed by atoms with Gasteiger partial charge in [0.1, 0.15) is 18.1 Å². The largest absolute Gasteiger partial charge is 0.462 e. The zero-order valence-corrected chi connectivity index (χ0v) is 13.2. The van der Waals surface area contributed by atoms with Crippen LogP contribution in [0.5, 0.6) is 0 Å². The third-order valence-corrected chi connectivity index (χ3v) is 3.38. The summed E-state index contributed by atoms with van der Waals surface area (Å²) in [6.45, 7) is 5.24. The van der Waals surface area contributed by atoms with E-state index >= 15 is 0 Å². The molecule has 2 rings (SSSR count). The molecule has 1 aromatic heterocycles. The molecular weight excluding hydrogens is 301 g/mol. The number of halogens is 1. The molecule has 0 saturated heterocycles. The van der Waals surface area contributed by atoms with Crippen LogP contribution in [-0.4, -0.2) is 23.5 Å². The molecule has 0 amide bonds. The highest BCUT2D eigenvalue weighted by Gasteiger charge is 2.23. The van der Waals surface area contributed by atoms with Crippen molar-refractivity contribution in [2.45, 2.75) is 27.4 Å². The van der Waals surface area contributed by atoms with E-state index in [0.717, 1.165) is 0 Å². The number of benzene rings is 1. The van der Waals surface area contributed by atoms with Crippen LogP contribution in [0.25, 0.3) is 0 Å². The highest BCUT2D eigenvalue weighted by atomic mass is 19.1. The van der Waals surface area contributed by atoms with Crippen molar-refractivity contribution in [3.63, 3.8) is 0 Å². The van der Waals surface area contributed by atoms with Crippen LogP contribution in [0, 0.1) is 19.7 Å². The van der Waals surface area contributed by atoms with Gasteiger partial charge in [0.25, 0.3) is 0 Å². The first kappa shape index (κ1) is 16.7. The highest BCUT2D eigenvalue weighted by molar-refractivity contribution is 5.98. The SMILES string of the molecule is CCOC(=O)c1c(C)[nH]c(C(=O)OCc2cccc(F)c2)c1C. The summed E-state index contributed by atoms with van der Waals surface area (Å²) < 4.78 is 23.2. The molecule has 1 N–H and O–H groups in total. The van der Waals surface area contributed by atoms with Crippen LogP contribution in [0.2, 0.25) is 0 Å². The summed E-state index contributed by atoms with van der Waals surface area (Å²) in [6.07, 6.45) is 0. The number of hydrogen-bond donors (Lipinski definition) is 1. The number of aromatic amines is 1. The Hall–Kier alpha value is -2.63. The molecule has 0 bridgehead atoms. The maximum atomic E-state index is 13.1. The zero-order chi connectivity index (χ0) is 17.0. The second-order valence-corrected chi connectivity index (χ2v) is 5.05. The van der Waals surface area contributed by atoms with Gasteiger partial charge >= 0.3 is 11.9 Å². The minimum Gasteiger partial charge on any atom is -0.462 e. The number of esters is 2. The third kappa shape index (κ3) is 3.77. The molecule has 6 heteroatoms. The van der Waals surface area contributed by atoms with Crippen LogP contribution < -0.4 is 0 Å². The van der Waals surface area contributed by atoms with E-state index in [1.165, 1.54) is 12.1 Å². The predicted octanol–water partition coefficient (Wildman–Crippen LogP) is 3.30. The number of nitrogens with one attached hydrogen (secondary N) is 1. The lowest BCUT2D eigenvalue weighted by Crippen LogP contribution is -2.09. The molecule has 0 radical (unpaired) electrons.